The first kappa shape index (κ1) is 20.9. The molecule has 0 radical (unpaired) electrons. The Morgan fingerprint density at radius 1 is 1.19 bits per heavy atom. The number of aryl methyl sites for hydroxylation is 1. The number of rotatable bonds is 5. The van der Waals surface area contributed by atoms with Gasteiger partial charge in [-0.2, -0.15) is 0 Å². The van der Waals surface area contributed by atoms with Gasteiger partial charge in [-0.15, -0.1) is 0 Å². The molecule has 0 aliphatic heterocycles. The number of halogens is 1. The van der Waals surface area contributed by atoms with Gasteiger partial charge in [-0.3, -0.25) is 9.59 Å². The molecule has 1 aromatic heterocycles. The lowest BCUT2D eigenvalue weighted by molar-refractivity contribution is 0.0937. The Balaban J connectivity index is 1.39. The molecule has 8 heteroatoms. The largest absolute Gasteiger partial charge is 0.347 e. The van der Waals surface area contributed by atoms with Crippen LogP contribution in [0, 0.1) is 12.7 Å². The number of carbonyl (C=O) groups excluding carboxylic acids is 2. The number of amides is 2. The third-order valence-corrected chi connectivity index (χ3v) is 5.64. The van der Waals surface area contributed by atoms with Crippen molar-refractivity contribution in [3.63, 3.8) is 0 Å². The quantitative estimate of drug-likeness (QED) is 0.686. The molecular formula is C23H24FN5O2. The van der Waals surface area contributed by atoms with Gasteiger partial charge in [-0.1, -0.05) is 29.9 Å². The van der Waals surface area contributed by atoms with E-state index in [1.54, 1.807) is 19.1 Å². The van der Waals surface area contributed by atoms with Crippen molar-refractivity contribution in [2.24, 2.45) is 5.73 Å². The first-order valence-corrected chi connectivity index (χ1v) is 10.2. The molecule has 0 saturated heterocycles. The highest BCUT2D eigenvalue weighted by Crippen LogP contribution is 2.33. The Hall–Kier alpha value is -3.39. The fourth-order valence-corrected chi connectivity index (χ4v) is 3.98. The fourth-order valence-electron chi connectivity index (χ4n) is 3.98. The van der Waals surface area contributed by atoms with E-state index in [2.05, 4.69) is 20.6 Å². The Bertz CT molecular complexity index is 1100. The second-order valence-electron chi connectivity index (χ2n) is 7.91. The van der Waals surface area contributed by atoms with E-state index >= 15 is 0 Å². The Kier molecular flexibility index (Phi) is 5.90. The maximum absolute atomic E-state index is 13.4. The average Bonchev–Trinajstić information content (AvgIpc) is 3.16. The predicted octanol–water partition coefficient (Wildman–Crippen LogP) is 2.33. The highest BCUT2D eigenvalue weighted by atomic mass is 19.1. The summed E-state index contributed by atoms with van der Waals surface area (Å²) in [5, 5.41) is 5.73. The molecule has 2 atom stereocenters. The third-order valence-electron chi connectivity index (χ3n) is 5.64. The molecule has 0 bridgehead atoms. The smallest absolute Gasteiger partial charge is 0.270 e. The minimum absolute atomic E-state index is 0.0370. The molecule has 4 N–H and O–H groups in total. The van der Waals surface area contributed by atoms with Gasteiger partial charge in [0.05, 0.1) is 6.04 Å². The zero-order valence-corrected chi connectivity index (χ0v) is 17.2. The average molecular weight is 421 g/mol. The normalized spacial score (nSPS) is 19.8. The van der Waals surface area contributed by atoms with Crippen molar-refractivity contribution in [1.82, 2.24) is 20.6 Å². The number of carbonyl (C=O) groups is 2. The molecule has 0 fully saturated rings. The van der Waals surface area contributed by atoms with Gasteiger partial charge in [0, 0.05) is 18.7 Å². The van der Waals surface area contributed by atoms with Gasteiger partial charge in [0.15, 0.2) is 0 Å². The molecule has 2 aliphatic carbocycles. The van der Waals surface area contributed by atoms with Crippen LogP contribution in [0.5, 0.6) is 0 Å². The molecule has 0 spiro atoms. The lowest BCUT2D eigenvalue weighted by atomic mass is 9.96. The van der Waals surface area contributed by atoms with E-state index in [1.807, 2.05) is 12.2 Å². The van der Waals surface area contributed by atoms with Crippen LogP contribution < -0.4 is 16.4 Å². The van der Waals surface area contributed by atoms with Gasteiger partial charge in [-0.25, -0.2) is 14.4 Å². The van der Waals surface area contributed by atoms with Crippen LogP contribution in [0.3, 0.4) is 0 Å². The first-order chi connectivity index (χ1) is 14.9. The highest BCUT2D eigenvalue weighted by Gasteiger charge is 2.28. The number of hydrogen-bond acceptors (Lipinski definition) is 5. The molecule has 2 aliphatic rings. The van der Waals surface area contributed by atoms with Crippen LogP contribution in [0.15, 0.2) is 53.9 Å². The molecule has 0 saturated carbocycles. The standard InChI is InChI=1S/C23H24FN5O2/c1-13-8-14(2-6-18(13)24)11-26-22(30)20-10-21(28-12-27-20)23(31)29-19-7-3-15-9-16(25)4-5-17(15)19/h2,4-6,8,10,12,16,19H,3,7,9,11,25H2,1H3,(H,26,30)(H,29,31)/t16?,19-/m0/s1. The van der Waals surface area contributed by atoms with E-state index < -0.39 is 5.91 Å². The Labute approximate surface area is 179 Å². The van der Waals surface area contributed by atoms with Crippen LogP contribution in [0.4, 0.5) is 4.39 Å². The lowest BCUT2D eigenvalue weighted by Gasteiger charge is -2.19. The Morgan fingerprint density at radius 2 is 1.97 bits per heavy atom. The van der Waals surface area contributed by atoms with Gasteiger partial charge in [-0.05, 0) is 49.0 Å². The molecule has 31 heavy (non-hydrogen) atoms. The summed E-state index contributed by atoms with van der Waals surface area (Å²) >= 11 is 0. The second kappa shape index (κ2) is 8.77. The molecule has 7 nitrogen and oxygen atoms in total. The molecule has 4 rings (SSSR count). The molecule has 160 valence electrons. The van der Waals surface area contributed by atoms with E-state index in [4.69, 9.17) is 5.73 Å². The Morgan fingerprint density at radius 3 is 2.74 bits per heavy atom. The van der Waals surface area contributed by atoms with Crippen LogP contribution in [-0.2, 0) is 6.54 Å². The SMILES string of the molecule is Cc1cc(CNC(=O)c2cc(C(=O)N[C@H]3CCC4=C3C=CC(N)C4)ncn2)ccc1F. The van der Waals surface area contributed by atoms with E-state index in [1.165, 1.54) is 24.0 Å². The number of nitrogens with one attached hydrogen (secondary N) is 2. The van der Waals surface area contributed by atoms with Gasteiger partial charge in [0.1, 0.15) is 23.5 Å². The zero-order chi connectivity index (χ0) is 22.0. The van der Waals surface area contributed by atoms with Gasteiger partial charge >= 0.3 is 0 Å². The van der Waals surface area contributed by atoms with Crippen LogP contribution in [0.1, 0.15) is 51.4 Å². The molecule has 2 amide bonds. The summed E-state index contributed by atoms with van der Waals surface area (Å²) < 4.78 is 13.4. The van der Waals surface area contributed by atoms with Crippen LogP contribution in [-0.4, -0.2) is 33.9 Å². The minimum Gasteiger partial charge on any atom is -0.347 e. The fraction of sp³-hybridized carbons (Fsp3) is 0.304. The topological polar surface area (TPSA) is 110 Å². The van der Waals surface area contributed by atoms with E-state index in [0.29, 0.717) is 5.56 Å². The summed E-state index contributed by atoms with van der Waals surface area (Å²) in [5.74, 6) is -1.08. The van der Waals surface area contributed by atoms with Crippen molar-refractivity contribution < 1.29 is 14.0 Å². The lowest BCUT2D eigenvalue weighted by Crippen LogP contribution is -2.35. The summed E-state index contributed by atoms with van der Waals surface area (Å²) in [6.45, 7) is 1.88. The highest BCUT2D eigenvalue weighted by molar-refractivity contribution is 5.97. The van der Waals surface area contributed by atoms with Crippen LogP contribution >= 0.6 is 0 Å². The van der Waals surface area contributed by atoms with E-state index in [-0.39, 0.29) is 41.7 Å². The van der Waals surface area contributed by atoms with Crippen molar-refractivity contribution in [2.45, 2.75) is 44.8 Å². The van der Waals surface area contributed by atoms with Crippen LogP contribution in [0.25, 0.3) is 0 Å². The molecular weight excluding hydrogens is 397 g/mol. The third kappa shape index (κ3) is 4.69. The number of nitrogens with zero attached hydrogens (tertiary/aromatic N) is 2. The maximum atomic E-state index is 13.4. The van der Waals surface area contributed by atoms with Crippen molar-refractivity contribution in [3.8, 4) is 0 Å². The second-order valence-corrected chi connectivity index (χ2v) is 7.91. The van der Waals surface area contributed by atoms with Crippen molar-refractivity contribution in [1.29, 1.82) is 0 Å². The maximum Gasteiger partial charge on any atom is 0.270 e. The first-order valence-electron chi connectivity index (χ1n) is 10.2. The number of benzene rings is 1. The number of hydrogen-bond donors (Lipinski definition) is 3. The monoisotopic (exact) mass is 421 g/mol. The minimum atomic E-state index is -0.437. The van der Waals surface area contributed by atoms with Gasteiger partial charge < -0.3 is 16.4 Å². The molecule has 1 heterocycles. The van der Waals surface area contributed by atoms with Gasteiger partial charge in [0.2, 0.25) is 0 Å². The molecule has 1 aromatic carbocycles. The zero-order valence-electron chi connectivity index (χ0n) is 17.2. The van der Waals surface area contributed by atoms with Gasteiger partial charge in [0.25, 0.3) is 11.8 Å². The van der Waals surface area contributed by atoms with E-state index in [9.17, 15) is 14.0 Å². The van der Waals surface area contributed by atoms with Crippen molar-refractivity contribution >= 4 is 11.8 Å². The molecule has 1 unspecified atom stereocenters. The van der Waals surface area contributed by atoms with Crippen LogP contribution in [0.2, 0.25) is 0 Å². The van der Waals surface area contributed by atoms with Crippen molar-refractivity contribution in [2.75, 3.05) is 0 Å². The summed E-state index contributed by atoms with van der Waals surface area (Å²) in [6.07, 6.45) is 7.71. The van der Waals surface area contributed by atoms with Crippen molar-refractivity contribution in [3.05, 3.63) is 82.2 Å². The predicted molar refractivity (Wildman–Crippen MR) is 114 cm³/mol. The number of nitrogens with two attached hydrogens (primary N) is 1. The summed E-state index contributed by atoms with van der Waals surface area (Å²) in [5.41, 5.74) is 9.88. The summed E-state index contributed by atoms with van der Waals surface area (Å²) in [4.78, 5) is 33.2. The number of aromatic nitrogens is 2. The summed E-state index contributed by atoms with van der Waals surface area (Å²) in [7, 11) is 0. The molecule has 2 aromatic rings. The summed E-state index contributed by atoms with van der Waals surface area (Å²) in [6, 6.07) is 5.97. The van der Waals surface area contributed by atoms with E-state index in [0.717, 1.165) is 30.4 Å².